The number of halogens is 1. The lowest BCUT2D eigenvalue weighted by Gasteiger charge is -2.12. The zero-order chi connectivity index (χ0) is 15.4. The summed E-state index contributed by atoms with van der Waals surface area (Å²) in [6, 6.07) is 3.61. The summed E-state index contributed by atoms with van der Waals surface area (Å²) in [7, 11) is 0. The Balaban J connectivity index is 1.95. The number of rotatable bonds is 5. The molecular formula is C14H16ClN3O2S. The molecule has 0 bridgehead atoms. The standard InChI is InChI=1S/C14H16ClN3O2S/c1-4-12-17-18-14(21-12)16-11(19)7-20-13-8(2)5-10(15)6-9(13)3/h5-6H,4,7H2,1-3H3,(H,16,18,19). The van der Waals surface area contributed by atoms with Crippen LogP contribution in [0.2, 0.25) is 5.02 Å². The third kappa shape index (κ3) is 4.15. The molecule has 0 spiro atoms. The smallest absolute Gasteiger partial charge is 0.264 e. The van der Waals surface area contributed by atoms with E-state index in [0.717, 1.165) is 22.6 Å². The SMILES string of the molecule is CCc1nnc(NC(=O)COc2c(C)cc(Cl)cc2C)s1. The fraction of sp³-hybridized carbons (Fsp3) is 0.357. The van der Waals surface area contributed by atoms with Gasteiger partial charge in [0.05, 0.1) is 0 Å². The molecule has 21 heavy (non-hydrogen) atoms. The van der Waals surface area contributed by atoms with Crippen molar-refractivity contribution >= 4 is 34.0 Å². The number of anilines is 1. The van der Waals surface area contributed by atoms with E-state index >= 15 is 0 Å². The van der Waals surface area contributed by atoms with E-state index < -0.39 is 0 Å². The van der Waals surface area contributed by atoms with Gasteiger partial charge in [-0.2, -0.15) is 0 Å². The number of hydrogen-bond donors (Lipinski definition) is 1. The molecule has 1 aromatic heterocycles. The summed E-state index contributed by atoms with van der Waals surface area (Å²) in [6.45, 7) is 5.69. The monoisotopic (exact) mass is 325 g/mol. The van der Waals surface area contributed by atoms with Crippen molar-refractivity contribution in [3.63, 3.8) is 0 Å². The molecule has 0 fully saturated rings. The summed E-state index contributed by atoms with van der Waals surface area (Å²) in [4.78, 5) is 11.8. The van der Waals surface area contributed by atoms with Crippen molar-refractivity contribution in [1.82, 2.24) is 10.2 Å². The van der Waals surface area contributed by atoms with Gasteiger partial charge in [-0.05, 0) is 43.5 Å². The largest absolute Gasteiger partial charge is 0.483 e. The molecule has 1 amide bonds. The van der Waals surface area contributed by atoms with Gasteiger partial charge in [-0.25, -0.2) is 0 Å². The Morgan fingerprint density at radius 1 is 1.33 bits per heavy atom. The maximum atomic E-state index is 11.8. The number of ether oxygens (including phenoxy) is 1. The summed E-state index contributed by atoms with van der Waals surface area (Å²) in [5, 5.41) is 12.5. The summed E-state index contributed by atoms with van der Waals surface area (Å²) < 4.78 is 5.58. The number of nitrogens with one attached hydrogen (secondary N) is 1. The van der Waals surface area contributed by atoms with Crippen LogP contribution in [-0.4, -0.2) is 22.7 Å². The first-order valence-electron chi connectivity index (χ1n) is 6.51. The minimum atomic E-state index is -0.262. The van der Waals surface area contributed by atoms with E-state index in [0.29, 0.717) is 15.9 Å². The zero-order valence-corrected chi connectivity index (χ0v) is 13.6. The van der Waals surface area contributed by atoms with Crippen molar-refractivity contribution in [1.29, 1.82) is 0 Å². The van der Waals surface area contributed by atoms with Crippen LogP contribution in [0.15, 0.2) is 12.1 Å². The van der Waals surface area contributed by atoms with Gasteiger partial charge < -0.3 is 4.74 Å². The first kappa shape index (κ1) is 15.7. The van der Waals surface area contributed by atoms with Crippen molar-refractivity contribution in [2.75, 3.05) is 11.9 Å². The van der Waals surface area contributed by atoms with Crippen LogP contribution in [0.5, 0.6) is 5.75 Å². The van der Waals surface area contributed by atoms with E-state index in [1.54, 1.807) is 12.1 Å². The number of aryl methyl sites for hydroxylation is 3. The van der Waals surface area contributed by atoms with Gasteiger partial charge in [0.1, 0.15) is 10.8 Å². The second-order valence-corrected chi connectivity index (χ2v) is 6.06. The summed E-state index contributed by atoms with van der Waals surface area (Å²) >= 11 is 7.32. The second-order valence-electron chi connectivity index (χ2n) is 4.56. The van der Waals surface area contributed by atoms with Crippen LogP contribution in [0.1, 0.15) is 23.1 Å². The van der Waals surface area contributed by atoms with E-state index in [2.05, 4.69) is 15.5 Å². The van der Waals surface area contributed by atoms with E-state index in [-0.39, 0.29) is 12.5 Å². The average molecular weight is 326 g/mol. The van der Waals surface area contributed by atoms with Crippen LogP contribution < -0.4 is 10.1 Å². The predicted molar refractivity (Wildman–Crippen MR) is 84.3 cm³/mol. The molecule has 0 aliphatic heterocycles. The number of carbonyl (C=O) groups is 1. The van der Waals surface area contributed by atoms with E-state index in [1.807, 2.05) is 20.8 Å². The molecule has 1 N–H and O–H groups in total. The molecule has 2 rings (SSSR count). The normalized spacial score (nSPS) is 10.5. The van der Waals surface area contributed by atoms with Gasteiger partial charge in [0.2, 0.25) is 5.13 Å². The molecule has 0 aliphatic carbocycles. The molecule has 0 unspecified atom stereocenters. The predicted octanol–water partition coefficient (Wildman–Crippen LogP) is 3.39. The van der Waals surface area contributed by atoms with Crippen LogP contribution in [0, 0.1) is 13.8 Å². The lowest BCUT2D eigenvalue weighted by molar-refractivity contribution is -0.118. The highest BCUT2D eigenvalue weighted by atomic mass is 35.5. The van der Waals surface area contributed by atoms with Gasteiger partial charge in [-0.1, -0.05) is 29.9 Å². The molecule has 5 nitrogen and oxygen atoms in total. The van der Waals surface area contributed by atoms with Gasteiger partial charge in [0.15, 0.2) is 6.61 Å². The average Bonchev–Trinajstić information content (AvgIpc) is 2.85. The van der Waals surface area contributed by atoms with Crippen LogP contribution in [0.3, 0.4) is 0 Å². The molecule has 2 aromatic rings. The van der Waals surface area contributed by atoms with Gasteiger partial charge in [-0.3, -0.25) is 10.1 Å². The summed E-state index contributed by atoms with van der Waals surface area (Å²) in [6.07, 6.45) is 0.799. The molecule has 1 aromatic carbocycles. The summed E-state index contributed by atoms with van der Waals surface area (Å²) in [5.74, 6) is 0.420. The van der Waals surface area contributed by atoms with Crippen molar-refractivity contribution in [3.05, 3.63) is 33.3 Å². The van der Waals surface area contributed by atoms with E-state index in [4.69, 9.17) is 16.3 Å². The fourth-order valence-electron chi connectivity index (χ4n) is 1.87. The Bertz CT molecular complexity index is 634. The number of benzene rings is 1. The highest BCUT2D eigenvalue weighted by molar-refractivity contribution is 7.15. The molecule has 0 saturated heterocycles. The van der Waals surface area contributed by atoms with Crippen LogP contribution in [0.4, 0.5) is 5.13 Å². The molecular weight excluding hydrogens is 310 g/mol. The number of carbonyl (C=O) groups excluding carboxylic acids is 1. The highest BCUT2D eigenvalue weighted by Crippen LogP contribution is 2.27. The minimum absolute atomic E-state index is 0.0790. The number of amides is 1. The second kappa shape index (κ2) is 6.87. The van der Waals surface area contributed by atoms with Crippen LogP contribution in [0.25, 0.3) is 0 Å². The Hall–Kier alpha value is -1.66. The van der Waals surface area contributed by atoms with Crippen LogP contribution in [-0.2, 0) is 11.2 Å². The van der Waals surface area contributed by atoms with E-state index in [1.165, 1.54) is 11.3 Å². The van der Waals surface area contributed by atoms with E-state index in [9.17, 15) is 4.79 Å². The Morgan fingerprint density at radius 2 is 2.00 bits per heavy atom. The van der Waals surface area contributed by atoms with Crippen LogP contribution >= 0.6 is 22.9 Å². The van der Waals surface area contributed by atoms with Crippen molar-refractivity contribution in [2.24, 2.45) is 0 Å². The van der Waals surface area contributed by atoms with Crippen molar-refractivity contribution < 1.29 is 9.53 Å². The maximum absolute atomic E-state index is 11.8. The van der Waals surface area contributed by atoms with Crippen molar-refractivity contribution in [2.45, 2.75) is 27.2 Å². The Morgan fingerprint density at radius 3 is 2.57 bits per heavy atom. The molecule has 0 saturated carbocycles. The zero-order valence-electron chi connectivity index (χ0n) is 12.1. The third-order valence-corrected chi connectivity index (χ3v) is 3.99. The Labute approximate surface area is 132 Å². The van der Waals surface area contributed by atoms with Gasteiger partial charge in [0, 0.05) is 5.02 Å². The van der Waals surface area contributed by atoms with Gasteiger partial charge in [-0.15, -0.1) is 10.2 Å². The minimum Gasteiger partial charge on any atom is -0.483 e. The third-order valence-electron chi connectivity index (χ3n) is 2.79. The topological polar surface area (TPSA) is 64.1 Å². The maximum Gasteiger partial charge on any atom is 0.264 e. The lowest BCUT2D eigenvalue weighted by atomic mass is 10.1. The molecule has 112 valence electrons. The highest BCUT2D eigenvalue weighted by Gasteiger charge is 2.11. The number of hydrogen-bond acceptors (Lipinski definition) is 5. The van der Waals surface area contributed by atoms with Gasteiger partial charge in [0.25, 0.3) is 5.91 Å². The van der Waals surface area contributed by atoms with Crippen molar-refractivity contribution in [3.8, 4) is 5.75 Å². The number of nitrogens with zero attached hydrogens (tertiary/aromatic N) is 2. The molecule has 1 heterocycles. The molecule has 0 atom stereocenters. The summed E-state index contributed by atoms with van der Waals surface area (Å²) in [5.41, 5.74) is 1.80. The Kier molecular flexibility index (Phi) is 5.14. The van der Waals surface area contributed by atoms with Gasteiger partial charge >= 0.3 is 0 Å². The molecule has 0 aliphatic rings. The first-order chi connectivity index (χ1) is 9.99. The quantitative estimate of drug-likeness (QED) is 0.915. The first-order valence-corrected chi connectivity index (χ1v) is 7.70. The lowest BCUT2D eigenvalue weighted by Crippen LogP contribution is -2.20. The molecule has 0 radical (unpaired) electrons. The number of aromatic nitrogens is 2. The molecule has 7 heteroatoms. The fourth-order valence-corrected chi connectivity index (χ4v) is 2.89.